The number of hydrogen-bond acceptors (Lipinski definition) is 3. The van der Waals surface area contributed by atoms with Gasteiger partial charge in [-0.05, 0) is 43.5 Å². The largest absolute Gasteiger partial charge is 0.349 e. The van der Waals surface area contributed by atoms with Crippen molar-refractivity contribution in [2.24, 2.45) is 0 Å². The summed E-state index contributed by atoms with van der Waals surface area (Å²) in [7, 11) is 0. The minimum absolute atomic E-state index is 0.0431. The van der Waals surface area contributed by atoms with Gasteiger partial charge in [-0.15, -0.1) is 0 Å². The molecule has 0 aliphatic carbocycles. The van der Waals surface area contributed by atoms with Gasteiger partial charge < -0.3 is 4.98 Å². The predicted molar refractivity (Wildman–Crippen MR) is 110 cm³/mol. The minimum atomic E-state index is -0.0431. The molecule has 4 rings (SSSR count). The van der Waals surface area contributed by atoms with Crippen molar-refractivity contribution in [1.82, 2.24) is 14.5 Å². The molecule has 4 aromatic rings. The summed E-state index contributed by atoms with van der Waals surface area (Å²) in [6.07, 6.45) is 1.03. The van der Waals surface area contributed by atoms with Gasteiger partial charge in [0.05, 0.1) is 5.69 Å². The summed E-state index contributed by atoms with van der Waals surface area (Å²) in [5, 5.41) is 1.74. The van der Waals surface area contributed by atoms with Crippen LogP contribution in [0.2, 0.25) is 0 Å². The highest BCUT2D eigenvalue weighted by Crippen LogP contribution is 2.27. The molecule has 0 amide bonds. The normalized spacial score (nSPS) is 11.5. The van der Waals surface area contributed by atoms with E-state index in [0.717, 1.165) is 50.6 Å². The van der Waals surface area contributed by atoms with Gasteiger partial charge in [0.1, 0.15) is 11.0 Å². The fourth-order valence-corrected chi connectivity index (χ4v) is 4.06. The Hall–Kier alpha value is -2.53. The Kier molecular flexibility index (Phi) is 4.32. The molecule has 2 aromatic heterocycles. The summed E-state index contributed by atoms with van der Waals surface area (Å²) in [6.45, 7) is 6.21. The van der Waals surface area contributed by atoms with E-state index in [0.29, 0.717) is 5.52 Å². The number of thioether (sulfide) groups is 1. The fourth-order valence-electron chi connectivity index (χ4n) is 3.21. The lowest BCUT2D eigenvalue weighted by atomic mass is 10.1. The first-order valence-electron chi connectivity index (χ1n) is 8.84. The van der Waals surface area contributed by atoms with Crippen molar-refractivity contribution in [3.8, 4) is 5.69 Å². The molecule has 132 valence electrons. The summed E-state index contributed by atoms with van der Waals surface area (Å²) >= 11 is 1.64. The average molecular weight is 363 g/mol. The standard InChI is InChI=1S/C21H21N3OS/c1-4-11-26-21-23-18-15-7-5-6-8-16(15)22-19(18)20(25)24(21)17-12-13(2)9-10-14(17)3/h5-10,12,22H,4,11H2,1-3H3. The molecule has 5 heteroatoms. The molecular formula is C21H21N3OS. The lowest BCUT2D eigenvalue weighted by molar-refractivity contribution is 0.811. The Labute approximate surface area is 156 Å². The quantitative estimate of drug-likeness (QED) is 0.411. The number of nitrogens with one attached hydrogen (secondary N) is 1. The third-order valence-corrected chi connectivity index (χ3v) is 5.68. The molecule has 0 radical (unpaired) electrons. The second kappa shape index (κ2) is 6.65. The first-order chi connectivity index (χ1) is 12.6. The van der Waals surface area contributed by atoms with E-state index in [9.17, 15) is 4.79 Å². The Morgan fingerprint density at radius 3 is 2.77 bits per heavy atom. The first-order valence-corrected chi connectivity index (χ1v) is 9.82. The molecule has 2 aromatic carbocycles. The molecule has 1 N–H and O–H groups in total. The van der Waals surface area contributed by atoms with E-state index >= 15 is 0 Å². The molecule has 0 fully saturated rings. The fraction of sp³-hybridized carbons (Fsp3) is 0.238. The van der Waals surface area contributed by atoms with Gasteiger partial charge in [0.2, 0.25) is 0 Å². The maximum absolute atomic E-state index is 13.4. The van der Waals surface area contributed by atoms with Crippen LogP contribution in [0.15, 0.2) is 52.4 Å². The molecule has 0 atom stereocenters. The van der Waals surface area contributed by atoms with Crippen LogP contribution in [-0.4, -0.2) is 20.3 Å². The zero-order chi connectivity index (χ0) is 18.3. The number of nitrogens with zero attached hydrogens (tertiary/aromatic N) is 2. The van der Waals surface area contributed by atoms with E-state index in [-0.39, 0.29) is 5.56 Å². The van der Waals surface area contributed by atoms with E-state index in [1.807, 2.05) is 38.1 Å². The number of hydrogen-bond donors (Lipinski definition) is 1. The van der Waals surface area contributed by atoms with Crippen molar-refractivity contribution in [2.75, 3.05) is 5.75 Å². The maximum atomic E-state index is 13.4. The molecule has 26 heavy (non-hydrogen) atoms. The molecule has 0 aliphatic heterocycles. The number of aromatic nitrogens is 3. The highest BCUT2D eigenvalue weighted by molar-refractivity contribution is 7.99. The van der Waals surface area contributed by atoms with Crippen LogP contribution in [0.25, 0.3) is 27.6 Å². The minimum Gasteiger partial charge on any atom is -0.349 e. The zero-order valence-electron chi connectivity index (χ0n) is 15.2. The summed E-state index contributed by atoms with van der Waals surface area (Å²) in [6, 6.07) is 14.1. The van der Waals surface area contributed by atoms with E-state index in [2.05, 4.69) is 30.1 Å². The topological polar surface area (TPSA) is 50.7 Å². The summed E-state index contributed by atoms with van der Waals surface area (Å²) < 4.78 is 1.76. The molecule has 2 heterocycles. The summed E-state index contributed by atoms with van der Waals surface area (Å²) in [4.78, 5) is 21.6. The van der Waals surface area contributed by atoms with E-state index in [1.54, 1.807) is 16.3 Å². The molecule has 0 bridgehead atoms. The second-order valence-electron chi connectivity index (χ2n) is 6.57. The van der Waals surface area contributed by atoms with Crippen molar-refractivity contribution in [3.63, 3.8) is 0 Å². The van der Waals surface area contributed by atoms with Crippen molar-refractivity contribution >= 4 is 33.7 Å². The highest BCUT2D eigenvalue weighted by Gasteiger charge is 2.18. The molecule has 4 nitrogen and oxygen atoms in total. The number of fused-ring (bicyclic) bond motifs is 3. The summed E-state index contributed by atoms with van der Waals surface area (Å²) in [5.41, 5.74) is 5.31. The van der Waals surface area contributed by atoms with Crippen LogP contribution in [0.3, 0.4) is 0 Å². The first kappa shape index (κ1) is 16.9. The highest BCUT2D eigenvalue weighted by atomic mass is 32.2. The van der Waals surface area contributed by atoms with E-state index in [4.69, 9.17) is 4.98 Å². The average Bonchev–Trinajstić information content (AvgIpc) is 3.01. The van der Waals surface area contributed by atoms with Crippen LogP contribution < -0.4 is 5.56 Å². The van der Waals surface area contributed by atoms with Gasteiger partial charge in [-0.3, -0.25) is 9.36 Å². The van der Waals surface area contributed by atoms with Gasteiger partial charge in [0.15, 0.2) is 5.16 Å². The Morgan fingerprint density at radius 1 is 1.15 bits per heavy atom. The third kappa shape index (κ3) is 2.72. The van der Waals surface area contributed by atoms with Crippen LogP contribution in [0.4, 0.5) is 0 Å². The molecule has 0 unspecified atom stereocenters. The lowest BCUT2D eigenvalue weighted by Crippen LogP contribution is -2.22. The Morgan fingerprint density at radius 2 is 1.96 bits per heavy atom. The van der Waals surface area contributed by atoms with Crippen LogP contribution in [0.5, 0.6) is 0 Å². The smallest absolute Gasteiger partial charge is 0.283 e. The van der Waals surface area contributed by atoms with Crippen LogP contribution >= 0.6 is 11.8 Å². The van der Waals surface area contributed by atoms with Crippen LogP contribution in [-0.2, 0) is 0 Å². The number of rotatable bonds is 4. The zero-order valence-corrected chi connectivity index (χ0v) is 16.0. The van der Waals surface area contributed by atoms with Crippen molar-refractivity contribution in [1.29, 1.82) is 0 Å². The van der Waals surface area contributed by atoms with Crippen LogP contribution in [0, 0.1) is 13.8 Å². The molecule has 0 aliphatic rings. The molecular weight excluding hydrogens is 342 g/mol. The van der Waals surface area contributed by atoms with Crippen molar-refractivity contribution in [3.05, 3.63) is 63.9 Å². The van der Waals surface area contributed by atoms with Gasteiger partial charge in [-0.1, -0.05) is 49.0 Å². The maximum Gasteiger partial charge on any atom is 0.283 e. The SMILES string of the molecule is CCCSc1nc2c([nH]c3ccccc32)c(=O)n1-c1cc(C)ccc1C. The van der Waals surface area contributed by atoms with Gasteiger partial charge in [0.25, 0.3) is 5.56 Å². The number of benzene rings is 2. The summed E-state index contributed by atoms with van der Waals surface area (Å²) in [5.74, 6) is 0.922. The second-order valence-corrected chi connectivity index (χ2v) is 7.63. The number of para-hydroxylation sites is 1. The van der Waals surface area contributed by atoms with Crippen molar-refractivity contribution < 1.29 is 0 Å². The predicted octanol–water partition coefficient (Wildman–Crippen LogP) is 4.99. The number of aryl methyl sites for hydroxylation is 2. The van der Waals surface area contributed by atoms with E-state index < -0.39 is 0 Å². The Balaban J connectivity index is 2.10. The van der Waals surface area contributed by atoms with Crippen molar-refractivity contribution in [2.45, 2.75) is 32.3 Å². The Bertz CT molecular complexity index is 1170. The molecule has 0 saturated carbocycles. The number of aromatic amines is 1. The van der Waals surface area contributed by atoms with Gasteiger partial charge in [-0.25, -0.2) is 4.98 Å². The van der Waals surface area contributed by atoms with Gasteiger partial charge in [-0.2, -0.15) is 0 Å². The van der Waals surface area contributed by atoms with Gasteiger partial charge >= 0.3 is 0 Å². The monoisotopic (exact) mass is 363 g/mol. The number of H-pyrrole nitrogens is 1. The lowest BCUT2D eigenvalue weighted by Gasteiger charge is -2.14. The van der Waals surface area contributed by atoms with Gasteiger partial charge in [0, 0.05) is 16.7 Å². The third-order valence-electron chi connectivity index (χ3n) is 4.54. The van der Waals surface area contributed by atoms with E-state index in [1.165, 1.54) is 0 Å². The molecule has 0 spiro atoms. The molecule has 0 saturated heterocycles. The van der Waals surface area contributed by atoms with Crippen LogP contribution in [0.1, 0.15) is 24.5 Å².